The van der Waals surface area contributed by atoms with Crippen LogP contribution >= 0.6 is 23.2 Å². The average molecular weight is 475 g/mol. The highest BCUT2D eigenvalue weighted by molar-refractivity contribution is 6.47. The Morgan fingerprint density at radius 3 is 2.41 bits per heavy atom. The van der Waals surface area contributed by atoms with Crippen LogP contribution in [0.2, 0.25) is 10.0 Å². The summed E-state index contributed by atoms with van der Waals surface area (Å²) in [5.74, 6) is -1.59. The van der Waals surface area contributed by atoms with Gasteiger partial charge in [-0.3, -0.25) is 14.5 Å². The maximum atomic E-state index is 13.1. The second kappa shape index (κ2) is 9.63. The highest BCUT2D eigenvalue weighted by Crippen LogP contribution is 2.42. The number of carbonyl (C=O) groups excluding carboxylic acids is 2. The smallest absolute Gasteiger partial charge is 0.295 e. The minimum atomic E-state index is -0.804. The number of aryl methyl sites for hydroxylation is 1. The zero-order valence-corrected chi connectivity index (χ0v) is 19.2. The molecule has 1 unspecified atom stereocenters. The van der Waals surface area contributed by atoms with E-state index in [-0.39, 0.29) is 11.3 Å². The van der Waals surface area contributed by atoms with Crippen molar-refractivity contribution in [3.63, 3.8) is 0 Å². The summed E-state index contributed by atoms with van der Waals surface area (Å²) in [5, 5.41) is 11.9. The van der Waals surface area contributed by atoms with Crippen LogP contribution in [0.15, 0.2) is 48.0 Å². The van der Waals surface area contributed by atoms with Crippen molar-refractivity contribution < 1.29 is 19.4 Å². The Morgan fingerprint density at radius 2 is 1.75 bits per heavy atom. The molecule has 6 nitrogen and oxygen atoms in total. The molecule has 0 saturated carbocycles. The maximum absolute atomic E-state index is 13.1. The van der Waals surface area contributed by atoms with Gasteiger partial charge < -0.3 is 14.7 Å². The zero-order chi connectivity index (χ0) is 22.8. The number of benzene rings is 2. The Labute approximate surface area is 197 Å². The first kappa shape index (κ1) is 22.8. The molecule has 2 fully saturated rings. The molecule has 0 aliphatic carbocycles. The topological polar surface area (TPSA) is 70.1 Å². The molecule has 0 spiro atoms. The minimum absolute atomic E-state index is 0.0325. The number of ether oxygens (including phenoxy) is 1. The van der Waals surface area contributed by atoms with Crippen LogP contribution in [0.3, 0.4) is 0 Å². The number of halogens is 2. The van der Waals surface area contributed by atoms with Crippen LogP contribution in [0.4, 0.5) is 0 Å². The molecule has 1 amide bonds. The van der Waals surface area contributed by atoms with E-state index in [0.717, 1.165) is 18.7 Å². The summed E-state index contributed by atoms with van der Waals surface area (Å²) in [5.41, 5.74) is 2.07. The van der Waals surface area contributed by atoms with Crippen LogP contribution in [-0.4, -0.2) is 66.0 Å². The van der Waals surface area contributed by atoms with Gasteiger partial charge in [0.05, 0.1) is 24.8 Å². The zero-order valence-electron chi connectivity index (χ0n) is 17.7. The monoisotopic (exact) mass is 474 g/mol. The number of likely N-dealkylation sites (tertiary alicyclic amines) is 1. The summed E-state index contributed by atoms with van der Waals surface area (Å²) in [6, 6.07) is 11.3. The van der Waals surface area contributed by atoms with Crippen molar-refractivity contribution in [2.24, 2.45) is 0 Å². The van der Waals surface area contributed by atoms with Gasteiger partial charge >= 0.3 is 0 Å². The number of nitrogens with zero attached hydrogens (tertiary/aromatic N) is 2. The molecule has 0 radical (unpaired) electrons. The second-order valence-corrected chi connectivity index (χ2v) is 8.82. The van der Waals surface area contributed by atoms with Crippen LogP contribution in [0, 0.1) is 6.92 Å². The van der Waals surface area contributed by atoms with Crippen LogP contribution in [0.25, 0.3) is 5.76 Å². The largest absolute Gasteiger partial charge is 0.507 e. The summed E-state index contributed by atoms with van der Waals surface area (Å²) < 4.78 is 5.39. The van der Waals surface area contributed by atoms with E-state index in [2.05, 4.69) is 4.90 Å². The predicted molar refractivity (Wildman–Crippen MR) is 124 cm³/mol. The number of Topliss-reactive ketones (excluding diaryl/α,β-unsaturated/α-hetero) is 1. The van der Waals surface area contributed by atoms with Gasteiger partial charge in [-0.15, -0.1) is 0 Å². The molecule has 0 bridgehead atoms. The second-order valence-electron chi connectivity index (χ2n) is 7.98. The number of amides is 1. The van der Waals surface area contributed by atoms with Gasteiger partial charge in [0.2, 0.25) is 0 Å². The first-order valence-corrected chi connectivity index (χ1v) is 11.2. The van der Waals surface area contributed by atoms with Gasteiger partial charge in [-0.2, -0.15) is 0 Å². The molecule has 0 aromatic heterocycles. The lowest BCUT2D eigenvalue weighted by molar-refractivity contribution is -0.140. The highest BCUT2D eigenvalue weighted by Gasteiger charge is 2.46. The highest BCUT2D eigenvalue weighted by atomic mass is 35.5. The molecule has 4 rings (SSSR count). The lowest BCUT2D eigenvalue weighted by Crippen LogP contribution is -2.42. The van der Waals surface area contributed by atoms with Crippen molar-refractivity contribution in [1.82, 2.24) is 9.80 Å². The molecule has 2 saturated heterocycles. The summed E-state index contributed by atoms with van der Waals surface area (Å²) >= 11 is 12.6. The molecule has 1 atom stereocenters. The van der Waals surface area contributed by atoms with Gasteiger partial charge in [-0.25, -0.2) is 0 Å². The number of ketones is 1. The Kier molecular flexibility index (Phi) is 6.86. The SMILES string of the molecule is Cc1ccc(/C(O)=C2/C(=O)C(=O)N(CCN3CCOCC3)C2c2ccc(Cl)cc2Cl)cc1. The van der Waals surface area contributed by atoms with Crippen molar-refractivity contribution in [2.45, 2.75) is 13.0 Å². The fraction of sp³-hybridized carbons (Fsp3) is 0.333. The average Bonchev–Trinajstić information content (AvgIpc) is 3.03. The Bertz CT molecular complexity index is 1060. The summed E-state index contributed by atoms with van der Waals surface area (Å²) in [6.07, 6.45) is 0. The number of carbonyl (C=O) groups is 2. The standard InChI is InChI=1S/C24H24Cl2N2O4/c1-15-2-4-16(5-3-15)22(29)20-21(18-7-6-17(25)14-19(18)26)28(24(31)23(20)30)9-8-27-10-12-32-13-11-27/h2-7,14,21,29H,8-13H2,1H3/b22-20-. The van der Waals surface area contributed by atoms with Gasteiger partial charge in [0.25, 0.3) is 11.7 Å². The number of rotatable bonds is 5. The van der Waals surface area contributed by atoms with Crippen molar-refractivity contribution in [2.75, 3.05) is 39.4 Å². The van der Waals surface area contributed by atoms with Crippen LogP contribution in [-0.2, 0) is 14.3 Å². The van der Waals surface area contributed by atoms with E-state index in [4.69, 9.17) is 27.9 Å². The van der Waals surface area contributed by atoms with Crippen LogP contribution < -0.4 is 0 Å². The van der Waals surface area contributed by atoms with E-state index in [0.29, 0.717) is 47.5 Å². The van der Waals surface area contributed by atoms with Crippen molar-refractivity contribution >= 4 is 40.7 Å². The molecule has 8 heteroatoms. The molecule has 2 aromatic rings. The van der Waals surface area contributed by atoms with Gasteiger partial charge in [0.15, 0.2) is 0 Å². The molecule has 2 aliphatic heterocycles. The van der Waals surface area contributed by atoms with E-state index >= 15 is 0 Å². The number of hydrogen-bond acceptors (Lipinski definition) is 5. The lowest BCUT2D eigenvalue weighted by atomic mass is 9.95. The number of aliphatic hydroxyl groups excluding tert-OH is 1. The molecule has 1 N–H and O–H groups in total. The summed E-state index contributed by atoms with van der Waals surface area (Å²) in [7, 11) is 0. The fourth-order valence-corrected chi connectivity index (χ4v) is 4.61. The molecular weight excluding hydrogens is 451 g/mol. The predicted octanol–water partition coefficient (Wildman–Crippen LogP) is 4.06. The van der Waals surface area contributed by atoms with Crippen molar-refractivity contribution in [1.29, 1.82) is 0 Å². The number of aliphatic hydroxyl groups is 1. The van der Waals surface area contributed by atoms with E-state index in [1.54, 1.807) is 30.3 Å². The summed E-state index contributed by atoms with van der Waals surface area (Å²) in [6.45, 7) is 5.64. The lowest BCUT2D eigenvalue weighted by Gasteiger charge is -2.31. The quantitative estimate of drug-likeness (QED) is 0.402. The van der Waals surface area contributed by atoms with E-state index < -0.39 is 17.7 Å². The van der Waals surface area contributed by atoms with Crippen molar-refractivity contribution in [3.8, 4) is 0 Å². The Balaban J connectivity index is 1.76. The summed E-state index contributed by atoms with van der Waals surface area (Å²) in [4.78, 5) is 29.8. The van der Waals surface area contributed by atoms with Crippen molar-refractivity contribution in [3.05, 3.63) is 74.8 Å². The van der Waals surface area contributed by atoms with E-state index in [1.165, 1.54) is 4.90 Å². The van der Waals surface area contributed by atoms with Crippen LogP contribution in [0.1, 0.15) is 22.7 Å². The third-order valence-electron chi connectivity index (χ3n) is 5.88. The molecular formula is C24H24Cl2N2O4. The molecule has 2 aromatic carbocycles. The van der Waals surface area contributed by atoms with E-state index in [9.17, 15) is 14.7 Å². The first-order valence-electron chi connectivity index (χ1n) is 10.5. The molecule has 168 valence electrons. The fourth-order valence-electron chi connectivity index (χ4n) is 4.10. The third-order valence-corrected chi connectivity index (χ3v) is 6.45. The number of hydrogen-bond donors (Lipinski definition) is 1. The van der Waals surface area contributed by atoms with E-state index in [1.807, 2.05) is 19.1 Å². The Hall–Kier alpha value is -2.38. The van der Waals surface area contributed by atoms with Gasteiger partial charge in [0.1, 0.15) is 5.76 Å². The van der Waals surface area contributed by atoms with Gasteiger partial charge in [-0.05, 0) is 24.6 Å². The Morgan fingerprint density at radius 1 is 1.06 bits per heavy atom. The maximum Gasteiger partial charge on any atom is 0.295 e. The minimum Gasteiger partial charge on any atom is -0.507 e. The molecule has 32 heavy (non-hydrogen) atoms. The first-order chi connectivity index (χ1) is 15.4. The third kappa shape index (κ3) is 4.55. The van der Waals surface area contributed by atoms with Gasteiger partial charge in [0, 0.05) is 41.8 Å². The van der Waals surface area contributed by atoms with Crippen LogP contribution in [0.5, 0.6) is 0 Å². The van der Waals surface area contributed by atoms with Gasteiger partial charge in [-0.1, -0.05) is 59.1 Å². The molecule has 2 heterocycles. The normalized spacial score (nSPS) is 21.3. The number of morpholine rings is 1. The molecule has 2 aliphatic rings.